The van der Waals surface area contributed by atoms with E-state index >= 15 is 0 Å². The Morgan fingerprint density at radius 1 is 1.00 bits per heavy atom. The van der Waals surface area contributed by atoms with Gasteiger partial charge in [-0.15, -0.1) is 0 Å². The molecular formula is C21H38N4O. The Labute approximate surface area is 159 Å². The Hall–Kier alpha value is -1.43. The molecule has 0 N–H and O–H groups in total. The lowest BCUT2D eigenvalue weighted by Gasteiger charge is -2.39. The van der Waals surface area contributed by atoms with Gasteiger partial charge >= 0.3 is 0 Å². The molecule has 0 unspecified atom stereocenters. The van der Waals surface area contributed by atoms with Crippen LogP contribution in [0, 0.1) is 6.92 Å². The van der Waals surface area contributed by atoms with Gasteiger partial charge in [0.15, 0.2) is 0 Å². The molecule has 2 aliphatic heterocycles. The summed E-state index contributed by atoms with van der Waals surface area (Å²) in [4.78, 5) is 5.05. The lowest BCUT2D eigenvalue weighted by molar-refractivity contribution is 0.0174. The summed E-state index contributed by atoms with van der Waals surface area (Å²) in [6.45, 7) is 9.00. The number of aromatic nitrogens is 2. The molecule has 148 valence electrons. The van der Waals surface area contributed by atoms with Gasteiger partial charge in [-0.3, -0.25) is 9.58 Å². The van der Waals surface area contributed by atoms with Crippen LogP contribution in [0.3, 0.4) is 0 Å². The van der Waals surface area contributed by atoms with Crippen molar-refractivity contribution in [3.63, 3.8) is 0 Å². The predicted molar refractivity (Wildman–Crippen MR) is 112 cm³/mol. The summed E-state index contributed by atoms with van der Waals surface area (Å²) in [6, 6.07) is 7.15. The second-order valence-corrected chi connectivity index (χ2v) is 7.01. The first-order valence-electron chi connectivity index (χ1n) is 9.02. The molecule has 26 heavy (non-hydrogen) atoms. The van der Waals surface area contributed by atoms with Crippen LogP contribution < -0.4 is 0 Å². The molecule has 5 heteroatoms. The first-order chi connectivity index (χ1) is 11.6. The maximum atomic E-state index is 5.37. The van der Waals surface area contributed by atoms with Gasteiger partial charge in [0.05, 0.1) is 11.7 Å². The van der Waals surface area contributed by atoms with Crippen molar-refractivity contribution in [2.24, 2.45) is 7.05 Å². The Morgan fingerprint density at radius 2 is 1.65 bits per heavy atom. The number of nitrogens with zero attached hydrogens (tertiary/aromatic N) is 4. The third-order valence-corrected chi connectivity index (χ3v) is 5.15. The summed E-state index contributed by atoms with van der Waals surface area (Å²) in [5, 5.41) is 5.37. The first kappa shape index (κ1) is 22.6. The number of piperazine rings is 1. The molecule has 0 spiro atoms. The number of aryl methyl sites for hydroxylation is 2. The average Bonchev–Trinajstić information content (AvgIpc) is 2.97. The number of benzene rings is 1. The zero-order chi connectivity index (χ0) is 16.9. The smallest absolute Gasteiger partial charge is 0.0679 e. The van der Waals surface area contributed by atoms with Crippen LogP contribution in [0.15, 0.2) is 24.4 Å². The fourth-order valence-electron chi connectivity index (χ4n) is 3.52. The highest BCUT2D eigenvalue weighted by atomic mass is 16.5. The van der Waals surface area contributed by atoms with Crippen LogP contribution in [0.25, 0.3) is 10.9 Å². The van der Waals surface area contributed by atoms with Crippen LogP contribution in [0.1, 0.15) is 33.3 Å². The minimum atomic E-state index is 0. The van der Waals surface area contributed by atoms with Crippen LogP contribution in [0.2, 0.25) is 0 Å². The third-order valence-electron chi connectivity index (χ3n) is 5.15. The van der Waals surface area contributed by atoms with E-state index in [4.69, 9.17) is 4.74 Å². The van der Waals surface area contributed by atoms with Crippen molar-refractivity contribution in [1.82, 2.24) is 19.6 Å². The van der Waals surface area contributed by atoms with E-state index in [0.29, 0.717) is 0 Å². The SMILES string of the molecule is C.C.CN1CCN(C2CCOCC2)CC1.Cc1ccc2c(cnn2C)c1. The molecule has 2 aliphatic rings. The molecule has 2 aromatic rings. The summed E-state index contributed by atoms with van der Waals surface area (Å²) < 4.78 is 7.26. The quantitative estimate of drug-likeness (QED) is 0.777. The van der Waals surface area contributed by atoms with E-state index in [-0.39, 0.29) is 14.9 Å². The van der Waals surface area contributed by atoms with E-state index in [9.17, 15) is 0 Å². The molecule has 0 bridgehead atoms. The van der Waals surface area contributed by atoms with E-state index in [1.54, 1.807) is 0 Å². The van der Waals surface area contributed by atoms with Gasteiger partial charge in [0.2, 0.25) is 0 Å². The highest BCUT2D eigenvalue weighted by Crippen LogP contribution is 2.16. The first-order valence-corrected chi connectivity index (χ1v) is 9.02. The lowest BCUT2D eigenvalue weighted by atomic mass is 10.1. The Morgan fingerprint density at radius 3 is 2.31 bits per heavy atom. The van der Waals surface area contributed by atoms with Crippen molar-refractivity contribution < 1.29 is 4.74 Å². The van der Waals surface area contributed by atoms with Crippen LogP contribution in [0.5, 0.6) is 0 Å². The summed E-state index contributed by atoms with van der Waals surface area (Å²) in [6.07, 6.45) is 4.37. The number of rotatable bonds is 1. The minimum absolute atomic E-state index is 0. The molecule has 0 amide bonds. The van der Waals surface area contributed by atoms with Crippen molar-refractivity contribution in [2.45, 2.75) is 40.7 Å². The highest BCUT2D eigenvalue weighted by molar-refractivity contribution is 5.79. The summed E-state index contributed by atoms with van der Waals surface area (Å²) in [7, 11) is 4.17. The molecule has 3 heterocycles. The second kappa shape index (κ2) is 10.7. The largest absolute Gasteiger partial charge is 0.381 e. The standard InChI is InChI=1S/C10H20N2O.C9H10N2.2CH4/c1-11-4-6-12(7-5-11)10-2-8-13-9-3-10;1-7-3-4-9-8(5-7)6-10-11(9)2;;/h10H,2-9H2,1H3;3-6H,1-2H3;2*1H4. The van der Waals surface area contributed by atoms with Crippen molar-refractivity contribution >= 4 is 10.9 Å². The Bertz CT molecular complexity index is 640. The van der Waals surface area contributed by atoms with E-state index in [0.717, 1.165) is 19.3 Å². The van der Waals surface area contributed by atoms with E-state index in [2.05, 4.69) is 47.1 Å². The van der Waals surface area contributed by atoms with Crippen LogP contribution in [-0.2, 0) is 11.8 Å². The second-order valence-electron chi connectivity index (χ2n) is 7.01. The fraction of sp³-hybridized carbons (Fsp3) is 0.667. The normalized spacial score (nSPS) is 19.2. The molecule has 2 fully saturated rings. The van der Waals surface area contributed by atoms with E-state index in [1.165, 1.54) is 55.5 Å². The molecule has 2 saturated heterocycles. The fourth-order valence-corrected chi connectivity index (χ4v) is 3.52. The van der Waals surface area contributed by atoms with Gasteiger partial charge in [-0.2, -0.15) is 5.10 Å². The molecule has 0 radical (unpaired) electrons. The molecule has 5 nitrogen and oxygen atoms in total. The number of likely N-dealkylation sites (N-methyl/N-ethyl adjacent to an activating group) is 1. The Kier molecular flexibility index (Phi) is 9.27. The van der Waals surface area contributed by atoms with Crippen LogP contribution in [0.4, 0.5) is 0 Å². The number of fused-ring (bicyclic) bond motifs is 1. The molecule has 1 aromatic carbocycles. The van der Waals surface area contributed by atoms with Crippen LogP contribution in [-0.4, -0.2) is 72.1 Å². The van der Waals surface area contributed by atoms with Crippen molar-refractivity contribution in [3.05, 3.63) is 30.0 Å². The molecule has 0 aliphatic carbocycles. The molecular weight excluding hydrogens is 324 g/mol. The maximum Gasteiger partial charge on any atom is 0.0679 e. The highest BCUT2D eigenvalue weighted by Gasteiger charge is 2.23. The van der Waals surface area contributed by atoms with Gasteiger partial charge in [-0.1, -0.05) is 26.5 Å². The zero-order valence-corrected chi connectivity index (χ0v) is 15.2. The average molecular weight is 363 g/mol. The van der Waals surface area contributed by atoms with Gasteiger partial charge in [0.25, 0.3) is 0 Å². The number of hydrogen-bond acceptors (Lipinski definition) is 4. The zero-order valence-electron chi connectivity index (χ0n) is 15.2. The molecule has 0 saturated carbocycles. The third kappa shape index (κ3) is 5.79. The van der Waals surface area contributed by atoms with Gasteiger partial charge in [-0.05, 0) is 38.9 Å². The van der Waals surface area contributed by atoms with Gasteiger partial charge in [0.1, 0.15) is 0 Å². The lowest BCUT2D eigenvalue weighted by Crippen LogP contribution is -2.50. The topological polar surface area (TPSA) is 33.5 Å². The monoisotopic (exact) mass is 362 g/mol. The van der Waals surface area contributed by atoms with Crippen molar-refractivity contribution in [2.75, 3.05) is 46.4 Å². The predicted octanol–water partition coefficient (Wildman–Crippen LogP) is 3.57. The summed E-state index contributed by atoms with van der Waals surface area (Å²) in [5.41, 5.74) is 2.47. The van der Waals surface area contributed by atoms with E-state index < -0.39 is 0 Å². The number of ether oxygens (including phenoxy) is 1. The van der Waals surface area contributed by atoms with E-state index in [1.807, 2.05) is 17.9 Å². The van der Waals surface area contributed by atoms with Crippen LogP contribution >= 0.6 is 0 Å². The summed E-state index contributed by atoms with van der Waals surface area (Å²) >= 11 is 0. The number of hydrogen-bond donors (Lipinski definition) is 0. The van der Waals surface area contributed by atoms with Gasteiger partial charge in [0, 0.05) is 57.9 Å². The summed E-state index contributed by atoms with van der Waals surface area (Å²) in [5.74, 6) is 0. The minimum Gasteiger partial charge on any atom is -0.381 e. The molecule has 1 aromatic heterocycles. The Balaban J connectivity index is 0.000000244. The molecule has 4 rings (SSSR count). The molecule has 0 atom stereocenters. The van der Waals surface area contributed by atoms with Gasteiger partial charge in [-0.25, -0.2) is 0 Å². The maximum absolute atomic E-state index is 5.37. The van der Waals surface area contributed by atoms with Crippen molar-refractivity contribution in [3.8, 4) is 0 Å². The van der Waals surface area contributed by atoms with Gasteiger partial charge < -0.3 is 9.64 Å². The van der Waals surface area contributed by atoms with Crippen molar-refractivity contribution in [1.29, 1.82) is 0 Å².